The first-order chi connectivity index (χ1) is 15.2. The minimum Gasteiger partial charge on any atom is -0.492 e. The fourth-order valence-electron chi connectivity index (χ4n) is 2.97. The van der Waals surface area contributed by atoms with Crippen molar-refractivity contribution >= 4 is 28.9 Å². The van der Waals surface area contributed by atoms with Gasteiger partial charge in [-0.05, 0) is 44.4 Å². The van der Waals surface area contributed by atoms with Crippen LogP contribution < -0.4 is 15.4 Å². The van der Waals surface area contributed by atoms with Crippen molar-refractivity contribution < 1.29 is 18.3 Å². The minimum atomic E-state index is -0.842. The van der Waals surface area contributed by atoms with Crippen molar-refractivity contribution in [2.75, 3.05) is 44.4 Å². The first kappa shape index (κ1) is 23.5. The molecule has 3 aromatic rings. The lowest BCUT2D eigenvalue weighted by Crippen LogP contribution is -2.22. The largest absolute Gasteiger partial charge is 0.492 e. The van der Waals surface area contributed by atoms with E-state index in [1.807, 2.05) is 19.0 Å². The zero-order valence-corrected chi connectivity index (χ0v) is 18.7. The van der Waals surface area contributed by atoms with Crippen LogP contribution in [-0.4, -0.2) is 54.4 Å². The number of nitrogens with zero attached hydrogens (tertiary/aromatic N) is 3. The molecule has 0 spiro atoms. The summed E-state index contributed by atoms with van der Waals surface area (Å²) < 4.78 is 34.4. The van der Waals surface area contributed by atoms with Crippen LogP contribution in [0.3, 0.4) is 0 Å². The van der Waals surface area contributed by atoms with Gasteiger partial charge in [0.05, 0.1) is 29.1 Å². The third kappa shape index (κ3) is 5.95. The number of carbonyl (C=O) groups excluding carboxylic acids is 1. The van der Waals surface area contributed by atoms with E-state index in [9.17, 15) is 13.6 Å². The second-order valence-corrected chi connectivity index (χ2v) is 7.76. The average molecular weight is 464 g/mol. The van der Waals surface area contributed by atoms with Crippen LogP contribution in [0.4, 0.5) is 20.2 Å². The Morgan fingerprint density at radius 3 is 2.66 bits per heavy atom. The SMILES string of the molecule is CN(C)CCOc1ccc(NCC(=O)Nc2ccc(F)cc2F)cc1-c1c(Cl)cnn1C. The first-order valence-corrected chi connectivity index (χ1v) is 10.2. The van der Waals surface area contributed by atoms with Crippen LogP contribution in [0.5, 0.6) is 5.75 Å². The van der Waals surface area contributed by atoms with Crippen LogP contribution in [0, 0.1) is 11.6 Å². The van der Waals surface area contributed by atoms with Crippen LogP contribution in [-0.2, 0) is 11.8 Å². The summed E-state index contributed by atoms with van der Waals surface area (Å²) in [6.07, 6.45) is 1.55. The van der Waals surface area contributed by atoms with E-state index in [0.29, 0.717) is 40.4 Å². The summed E-state index contributed by atoms with van der Waals surface area (Å²) in [6.45, 7) is 1.09. The quantitative estimate of drug-likeness (QED) is 0.501. The monoisotopic (exact) mass is 463 g/mol. The normalized spacial score (nSPS) is 11.0. The van der Waals surface area contributed by atoms with Crippen molar-refractivity contribution in [3.8, 4) is 17.0 Å². The smallest absolute Gasteiger partial charge is 0.243 e. The Labute approximate surface area is 189 Å². The zero-order valence-electron chi connectivity index (χ0n) is 18.0. The molecule has 0 fully saturated rings. The molecular weight excluding hydrogens is 440 g/mol. The van der Waals surface area contributed by atoms with Gasteiger partial charge in [0.15, 0.2) is 0 Å². The molecule has 0 aliphatic rings. The van der Waals surface area contributed by atoms with E-state index < -0.39 is 17.5 Å². The first-order valence-electron chi connectivity index (χ1n) is 9.83. The summed E-state index contributed by atoms with van der Waals surface area (Å²) in [6, 6.07) is 8.32. The molecule has 3 rings (SSSR count). The third-order valence-corrected chi connectivity index (χ3v) is 4.86. The lowest BCUT2D eigenvalue weighted by molar-refractivity contribution is -0.114. The lowest BCUT2D eigenvalue weighted by atomic mass is 10.1. The standard InChI is InChI=1S/C22H24ClF2N5O2/c1-29(2)8-9-32-20-7-5-15(11-16(20)22-17(23)12-27-30(22)3)26-13-21(31)28-19-6-4-14(24)10-18(19)25/h4-7,10-12,26H,8-9,13H2,1-3H3,(H,28,31). The van der Waals surface area contributed by atoms with Gasteiger partial charge >= 0.3 is 0 Å². The Balaban J connectivity index is 1.75. The van der Waals surface area contributed by atoms with Gasteiger partial charge in [0, 0.05) is 30.9 Å². The second kappa shape index (κ2) is 10.4. The predicted octanol–water partition coefficient (Wildman–Crippen LogP) is 4.01. The summed E-state index contributed by atoms with van der Waals surface area (Å²) in [5, 5.41) is 10.0. The van der Waals surface area contributed by atoms with Gasteiger partial charge < -0.3 is 20.3 Å². The molecule has 0 atom stereocenters. The predicted molar refractivity (Wildman–Crippen MR) is 121 cm³/mol. The Kier molecular flexibility index (Phi) is 7.66. The average Bonchev–Trinajstić information content (AvgIpc) is 3.07. The molecule has 1 amide bonds. The molecule has 0 aliphatic carbocycles. The number of carbonyl (C=O) groups is 1. The molecule has 1 aromatic heterocycles. The van der Waals surface area contributed by atoms with Gasteiger partial charge in [-0.3, -0.25) is 9.48 Å². The number of benzene rings is 2. The van der Waals surface area contributed by atoms with E-state index in [-0.39, 0.29) is 12.2 Å². The molecule has 0 saturated carbocycles. The Hall–Kier alpha value is -3.17. The highest BCUT2D eigenvalue weighted by molar-refractivity contribution is 6.33. The molecule has 32 heavy (non-hydrogen) atoms. The Morgan fingerprint density at radius 1 is 1.22 bits per heavy atom. The maximum absolute atomic E-state index is 13.7. The van der Waals surface area contributed by atoms with Crippen molar-refractivity contribution in [3.05, 3.63) is 59.3 Å². The molecule has 0 radical (unpaired) electrons. The van der Waals surface area contributed by atoms with Crippen molar-refractivity contribution in [1.29, 1.82) is 0 Å². The van der Waals surface area contributed by atoms with Crippen LogP contribution in [0.2, 0.25) is 5.02 Å². The van der Waals surface area contributed by atoms with Crippen molar-refractivity contribution in [2.24, 2.45) is 7.05 Å². The summed E-state index contributed by atoms with van der Waals surface area (Å²) in [5.74, 6) is -1.42. The third-order valence-electron chi connectivity index (χ3n) is 4.58. The van der Waals surface area contributed by atoms with Gasteiger partial charge in [-0.15, -0.1) is 0 Å². The van der Waals surface area contributed by atoms with Crippen molar-refractivity contribution in [3.63, 3.8) is 0 Å². The molecule has 0 unspecified atom stereocenters. The molecule has 0 saturated heterocycles. The number of amides is 1. The number of likely N-dealkylation sites (N-methyl/N-ethyl adjacent to an activating group) is 1. The molecule has 1 heterocycles. The van der Waals surface area contributed by atoms with Gasteiger partial charge in [0.1, 0.15) is 24.0 Å². The second-order valence-electron chi connectivity index (χ2n) is 7.35. The number of aryl methyl sites for hydroxylation is 1. The number of hydrogen-bond donors (Lipinski definition) is 2. The maximum Gasteiger partial charge on any atom is 0.243 e. The molecule has 10 heteroatoms. The fraction of sp³-hybridized carbons (Fsp3) is 0.273. The molecule has 170 valence electrons. The van der Waals surface area contributed by atoms with Gasteiger partial charge in [-0.25, -0.2) is 8.78 Å². The molecular formula is C22H24ClF2N5O2. The number of hydrogen-bond acceptors (Lipinski definition) is 5. The van der Waals surface area contributed by atoms with Crippen molar-refractivity contribution in [2.45, 2.75) is 0 Å². The van der Waals surface area contributed by atoms with Crippen LogP contribution >= 0.6 is 11.6 Å². The zero-order chi connectivity index (χ0) is 23.3. The molecule has 0 aliphatic heterocycles. The summed E-state index contributed by atoms with van der Waals surface area (Å²) in [5.41, 5.74) is 1.92. The summed E-state index contributed by atoms with van der Waals surface area (Å²) >= 11 is 6.34. The molecule has 2 aromatic carbocycles. The lowest BCUT2D eigenvalue weighted by Gasteiger charge is -2.16. The van der Waals surface area contributed by atoms with Gasteiger partial charge in [-0.2, -0.15) is 5.10 Å². The van der Waals surface area contributed by atoms with Crippen LogP contribution in [0.15, 0.2) is 42.6 Å². The van der Waals surface area contributed by atoms with Gasteiger partial charge in [0.2, 0.25) is 5.91 Å². The fourth-order valence-corrected chi connectivity index (χ4v) is 3.24. The number of ether oxygens (including phenoxy) is 1. The number of rotatable bonds is 9. The van der Waals surface area contributed by atoms with E-state index in [4.69, 9.17) is 16.3 Å². The van der Waals surface area contributed by atoms with E-state index in [0.717, 1.165) is 12.6 Å². The van der Waals surface area contributed by atoms with Crippen LogP contribution in [0.25, 0.3) is 11.3 Å². The number of anilines is 2. The molecule has 0 bridgehead atoms. The van der Waals surface area contributed by atoms with Gasteiger partial charge in [0.25, 0.3) is 0 Å². The van der Waals surface area contributed by atoms with Crippen LogP contribution in [0.1, 0.15) is 0 Å². The van der Waals surface area contributed by atoms with E-state index in [2.05, 4.69) is 15.7 Å². The highest BCUT2D eigenvalue weighted by Gasteiger charge is 2.16. The molecule has 2 N–H and O–H groups in total. The summed E-state index contributed by atoms with van der Waals surface area (Å²) in [7, 11) is 5.69. The number of halogens is 3. The minimum absolute atomic E-state index is 0.0924. The Bertz CT molecular complexity index is 1080. The molecule has 7 nitrogen and oxygen atoms in total. The Morgan fingerprint density at radius 2 is 2.00 bits per heavy atom. The highest BCUT2D eigenvalue weighted by Crippen LogP contribution is 2.36. The van der Waals surface area contributed by atoms with Gasteiger partial charge in [-0.1, -0.05) is 11.6 Å². The van der Waals surface area contributed by atoms with E-state index in [1.54, 1.807) is 36.1 Å². The topological polar surface area (TPSA) is 71.4 Å². The number of aromatic nitrogens is 2. The highest BCUT2D eigenvalue weighted by atomic mass is 35.5. The maximum atomic E-state index is 13.7. The van der Waals surface area contributed by atoms with E-state index >= 15 is 0 Å². The number of nitrogens with one attached hydrogen (secondary N) is 2. The van der Waals surface area contributed by atoms with Crippen molar-refractivity contribution in [1.82, 2.24) is 14.7 Å². The summed E-state index contributed by atoms with van der Waals surface area (Å²) in [4.78, 5) is 14.2. The van der Waals surface area contributed by atoms with E-state index in [1.165, 1.54) is 6.07 Å².